The molecule has 16 heavy (non-hydrogen) atoms. The second kappa shape index (κ2) is 3.74. The van der Waals surface area contributed by atoms with E-state index in [-0.39, 0.29) is 0 Å². The molecule has 0 bridgehead atoms. The van der Waals surface area contributed by atoms with Crippen LogP contribution in [0.2, 0.25) is 0 Å². The Labute approximate surface area is 95.0 Å². The van der Waals surface area contributed by atoms with Gasteiger partial charge in [-0.1, -0.05) is 6.92 Å². The van der Waals surface area contributed by atoms with Gasteiger partial charge < -0.3 is 4.98 Å². The molecule has 1 N–H and O–H groups in total. The fourth-order valence-corrected chi connectivity index (χ4v) is 2.03. The molecular formula is C13H15N3. The van der Waals surface area contributed by atoms with Gasteiger partial charge in [-0.3, -0.25) is 4.98 Å². The molecule has 0 unspecified atom stereocenters. The van der Waals surface area contributed by atoms with E-state index in [1.165, 1.54) is 24.2 Å². The Balaban J connectivity index is 2.02. The number of rotatable bonds is 3. The largest absolute Gasteiger partial charge is 0.342 e. The highest BCUT2D eigenvalue weighted by Gasteiger charge is 2.28. The number of aryl methyl sites for hydroxylation is 1. The minimum atomic E-state index is 0.705. The normalized spacial score (nSPS) is 15.3. The zero-order valence-corrected chi connectivity index (χ0v) is 9.40. The Hall–Kier alpha value is -1.64. The molecule has 1 fully saturated rings. The van der Waals surface area contributed by atoms with E-state index in [2.05, 4.69) is 16.9 Å². The van der Waals surface area contributed by atoms with Crippen LogP contribution < -0.4 is 0 Å². The van der Waals surface area contributed by atoms with Gasteiger partial charge in [-0.05, 0) is 31.4 Å². The minimum absolute atomic E-state index is 0.705. The average molecular weight is 213 g/mol. The van der Waals surface area contributed by atoms with E-state index in [1.54, 1.807) is 6.20 Å². The smallest absolute Gasteiger partial charge is 0.139 e. The number of nitrogens with zero attached hydrogens (tertiary/aromatic N) is 2. The Morgan fingerprint density at radius 3 is 2.94 bits per heavy atom. The maximum absolute atomic E-state index is 4.72. The van der Waals surface area contributed by atoms with Crippen molar-refractivity contribution in [3.8, 4) is 11.4 Å². The highest BCUT2D eigenvalue weighted by Crippen LogP contribution is 2.41. The number of nitrogens with one attached hydrogen (secondary N) is 1. The molecule has 0 radical (unpaired) electrons. The Morgan fingerprint density at radius 1 is 1.44 bits per heavy atom. The lowest BCUT2D eigenvalue weighted by atomic mass is 10.2. The number of hydrogen-bond acceptors (Lipinski definition) is 2. The van der Waals surface area contributed by atoms with Crippen molar-refractivity contribution >= 4 is 0 Å². The van der Waals surface area contributed by atoms with Gasteiger partial charge in [-0.15, -0.1) is 0 Å². The lowest BCUT2D eigenvalue weighted by Gasteiger charge is -1.94. The zero-order chi connectivity index (χ0) is 11.0. The second-order valence-electron chi connectivity index (χ2n) is 4.32. The molecule has 2 heterocycles. The van der Waals surface area contributed by atoms with Crippen molar-refractivity contribution < 1.29 is 0 Å². The topological polar surface area (TPSA) is 41.6 Å². The van der Waals surface area contributed by atoms with Crippen LogP contribution in [0, 0.1) is 0 Å². The van der Waals surface area contributed by atoms with Crippen LogP contribution in [0.15, 0.2) is 24.5 Å². The lowest BCUT2D eigenvalue weighted by molar-refractivity contribution is 0.969. The van der Waals surface area contributed by atoms with Gasteiger partial charge in [0.1, 0.15) is 5.82 Å². The summed E-state index contributed by atoms with van der Waals surface area (Å²) >= 11 is 0. The van der Waals surface area contributed by atoms with Gasteiger partial charge in [-0.2, -0.15) is 0 Å². The molecule has 0 saturated heterocycles. The maximum Gasteiger partial charge on any atom is 0.139 e. The molecule has 1 saturated carbocycles. The van der Waals surface area contributed by atoms with Crippen molar-refractivity contribution in [2.24, 2.45) is 0 Å². The molecule has 2 aromatic rings. The molecule has 0 amide bonds. The second-order valence-corrected chi connectivity index (χ2v) is 4.32. The van der Waals surface area contributed by atoms with Gasteiger partial charge in [0.15, 0.2) is 0 Å². The van der Waals surface area contributed by atoms with Crippen LogP contribution >= 0.6 is 0 Å². The van der Waals surface area contributed by atoms with Crippen molar-refractivity contribution in [3.05, 3.63) is 35.9 Å². The molecule has 1 aliphatic carbocycles. The van der Waals surface area contributed by atoms with E-state index < -0.39 is 0 Å². The summed E-state index contributed by atoms with van der Waals surface area (Å²) in [5.74, 6) is 1.67. The summed E-state index contributed by atoms with van der Waals surface area (Å²) in [6, 6.07) is 3.99. The summed E-state index contributed by atoms with van der Waals surface area (Å²) in [5, 5.41) is 0. The molecule has 1 aliphatic rings. The monoisotopic (exact) mass is 213 g/mol. The fourth-order valence-electron chi connectivity index (χ4n) is 2.03. The van der Waals surface area contributed by atoms with Gasteiger partial charge in [0.05, 0.1) is 5.69 Å². The Bertz CT molecular complexity index is 483. The van der Waals surface area contributed by atoms with E-state index in [9.17, 15) is 0 Å². The zero-order valence-electron chi connectivity index (χ0n) is 9.40. The number of imidazole rings is 1. The third-order valence-electron chi connectivity index (χ3n) is 3.06. The van der Waals surface area contributed by atoms with Crippen LogP contribution in [-0.4, -0.2) is 15.0 Å². The third-order valence-corrected chi connectivity index (χ3v) is 3.06. The SMILES string of the molecule is CCc1[nH]c(-c2cccnc2)nc1C1CC1. The maximum atomic E-state index is 4.72. The molecule has 82 valence electrons. The molecule has 0 spiro atoms. The van der Waals surface area contributed by atoms with E-state index in [0.717, 1.165) is 17.8 Å². The van der Waals surface area contributed by atoms with Crippen molar-refractivity contribution in [2.75, 3.05) is 0 Å². The molecule has 3 heteroatoms. The van der Waals surface area contributed by atoms with Crippen molar-refractivity contribution in [2.45, 2.75) is 32.1 Å². The molecule has 0 aliphatic heterocycles. The predicted octanol–water partition coefficient (Wildman–Crippen LogP) is 2.91. The fraction of sp³-hybridized carbons (Fsp3) is 0.385. The first-order valence-electron chi connectivity index (χ1n) is 5.87. The van der Waals surface area contributed by atoms with Crippen LogP contribution in [0.5, 0.6) is 0 Å². The highest BCUT2D eigenvalue weighted by molar-refractivity contribution is 5.54. The number of aromatic nitrogens is 3. The number of pyridine rings is 1. The summed E-state index contributed by atoms with van der Waals surface area (Å²) in [6.07, 6.45) is 7.26. The quantitative estimate of drug-likeness (QED) is 0.851. The van der Waals surface area contributed by atoms with Crippen LogP contribution in [0.3, 0.4) is 0 Å². The van der Waals surface area contributed by atoms with Gasteiger partial charge in [0.2, 0.25) is 0 Å². The van der Waals surface area contributed by atoms with E-state index in [1.807, 2.05) is 18.3 Å². The molecule has 2 aromatic heterocycles. The lowest BCUT2D eigenvalue weighted by Crippen LogP contribution is -1.87. The van der Waals surface area contributed by atoms with Gasteiger partial charge in [0, 0.05) is 29.6 Å². The summed E-state index contributed by atoms with van der Waals surface area (Å²) in [6.45, 7) is 2.17. The molecule has 3 rings (SSSR count). The first kappa shape index (κ1) is 9.58. The van der Waals surface area contributed by atoms with Crippen LogP contribution in [0.4, 0.5) is 0 Å². The van der Waals surface area contributed by atoms with E-state index >= 15 is 0 Å². The van der Waals surface area contributed by atoms with E-state index in [4.69, 9.17) is 4.98 Å². The minimum Gasteiger partial charge on any atom is -0.342 e. The number of aromatic amines is 1. The first-order valence-corrected chi connectivity index (χ1v) is 5.87. The van der Waals surface area contributed by atoms with Crippen LogP contribution in [-0.2, 0) is 6.42 Å². The molecule has 3 nitrogen and oxygen atoms in total. The summed E-state index contributed by atoms with van der Waals surface area (Å²) < 4.78 is 0. The summed E-state index contributed by atoms with van der Waals surface area (Å²) in [4.78, 5) is 12.3. The molecular weight excluding hydrogens is 198 g/mol. The predicted molar refractivity (Wildman–Crippen MR) is 63.2 cm³/mol. The Morgan fingerprint density at radius 2 is 2.31 bits per heavy atom. The van der Waals surface area contributed by atoms with Gasteiger partial charge >= 0.3 is 0 Å². The average Bonchev–Trinajstić information content (AvgIpc) is 3.10. The summed E-state index contributed by atoms with van der Waals surface area (Å²) in [5.41, 5.74) is 3.65. The van der Waals surface area contributed by atoms with Crippen LogP contribution in [0.25, 0.3) is 11.4 Å². The van der Waals surface area contributed by atoms with E-state index in [0.29, 0.717) is 5.92 Å². The summed E-state index contributed by atoms with van der Waals surface area (Å²) in [7, 11) is 0. The first-order chi connectivity index (χ1) is 7.88. The Kier molecular flexibility index (Phi) is 2.24. The van der Waals surface area contributed by atoms with Crippen molar-refractivity contribution in [3.63, 3.8) is 0 Å². The van der Waals surface area contributed by atoms with Crippen LogP contribution in [0.1, 0.15) is 37.1 Å². The molecule has 0 atom stereocenters. The van der Waals surface area contributed by atoms with Crippen molar-refractivity contribution in [1.29, 1.82) is 0 Å². The standard InChI is InChI=1S/C13H15N3/c1-2-11-12(9-5-6-9)16-13(15-11)10-4-3-7-14-8-10/h3-4,7-9H,2,5-6H2,1H3,(H,15,16). The molecule has 0 aromatic carbocycles. The van der Waals surface area contributed by atoms with Gasteiger partial charge in [0.25, 0.3) is 0 Å². The van der Waals surface area contributed by atoms with Gasteiger partial charge in [-0.25, -0.2) is 4.98 Å². The number of hydrogen-bond donors (Lipinski definition) is 1. The third kappa shape index (κ3) is 1.62. The number of H-pyrrole nitrogens is 1. The van der Waals surface area contributed by atoms with Crippen molar-refractivity contribution in [1.82, 2.24) is 15.0 Å². The highest BCUT2D eigenvalue weighted by atomic mass is 14.9.